The van der Waals surface area contributed by atoms with E-state index in [0.717, 1.165) is 25.0 Å². The number of anilines is 1. The first kappa shape index (κ1) is 12.8. The summed E-state index contributed by atoms with van der Waals surface area (Å²) in [6, 6.07) is 1.70. The van der Waals surface area contributed by atoms with Crippen LogP contribution >= 0.6 is 0 Å². The summed E-state index contributed by atoms with van der Waals surface area (Å²) in [6.07, 6.45) is -0.0425. The third-order valence-electron chi connectivity index (χ3n) is 3.04. The zero-order valence-electron chi connectivity index (χ0n) is 9.57. The van der Waals surface area contributed by atoms with E-state index in [-0.39, 0.29) is 11.3 Å². The lowest BCUT2D eigenvalue weighted by Crippen LogP contribution is -2.22. The van der Waals surface area contributed by atoms with Crippen LogP contribution in [0.5, 0.6) is 0 Å². The molecule has 1 unspecified atom stereocenters. The van der Waals surface area contributed by atoms with Gasteiger partial charge in [-0.05, 0) is 18.9 Å². The highest BCUT2D eigenvalue weighted by molar-refractivity contribution is 5.77. The fraction of sp³-hybridized carbons (Fsp3) is 0.417. The molecule has 0 amide bonds. The van der Waals surface area contributed by atoms with Gasteiger partial charge in [-0.1, -0.05) is 0 Å². The van der Waals surface area contributed by atoms with E-state index in [4.69, 9.17) is 5.11 Å². The van der Waals surface area contributed by atoms with E-state index in [1.54, 1.807) is 4.90 Å². The second-order valence-electron chi connectivity index (χ2n) is 4.26. The summed E-state index contributed by atoms with van der Waals surface area (Å²) in [6.45, 7) is 1.29. The molecule has 2 rings (SSSR count). The molecule has 2 N–H and O–H groups in total. The Morgan fingerprint density at radius 1 is 1.22 bits per heavy atom. The van der Waals surface area contributed by atoms with Crippen molar-refractivity contribution in [1.82, 2.24) is 0 Å². The fourth-order valence-electron chi connectivity index (χ4n) is 2.14. The topological polar surface area (TPSA) is 60.8 Å². The molecule has 0 bridgehead atoms. The lowest BCUT2D eigenvalue weighted by molar-refractivity contribution is -0.146. The molecule has 1 aliphatic rings. The molecule has 0 spiro atoms. The summed E-state index contributed by atoms with van der Waals surface area (Å²) in [4.78, 5) is 12.5. The standard InChI is InChI=1S/C12H13F2NO3/c13-8-5-7(11(16)12(17)18)10(6-9(8)14)15-3-1-2-4-15/h5-6,11,16H,1-4H2,(H,17,18). The van der Waals surface area contributed by atoms with Crippen LogP contribution in [-0.2, 0) is 4.79 Å². The Kier molecular flexibility index (Phi) is 3.47. The monoisotopic (exact) mass is 257 g/mol. The molecule has 0 saturated carbocycles. The van der Waals surface area contributed by atoms with Crippen LogP contribution in [0.15, 0.2) is 12.1 Å². The summed E-state index contributed by atoms with van der Waals surface area (Å²) in [5.41, 5.74) is 0.143. The van der Waals surface area contributed by atoms with E-state index in [1.165, 1.54) is 0 Å². The smallest absolute Gasteiger partial charge is 0.337 e. The normalized spacial score (nSPS) is 16.9. The van der Waals surface area contributed by atoms with Gasteiger partial charge < -0.3 is 15.1 Å². The number of rotatable bonds is 3. The van der Waals surface area contributed by atoms with Crippen molar-refractivity contribution in [3.63, 3.8) is 0 Å². The van der Waals surface area contributed by atoms with Crippen molar-refractivity contribution in [2.24, 2.45) is 0 Å². The van der Waals surface area contributed by atoms with Gasteiger partial charge in [0.2, 0.25) is 0 Å². The molecule has 0 radical (unpaired) electrons. The number of aliphatic hydroxyl groups is 1. The van der Waals surface area contributed by atoms with Gasteiger partial charge in [-0.25, -0.2) is 13.6 Å². The highest BCUT2D eigenvalue weighted by Crippen LogP contribution is 2.31. The Morgan fingerprint density at radius 3 is 2.33 bits per heavy atom. The minimum absolute atomic E-state index is 0.108. The van der Waals surface area contributed by atoms with Gasteiger partial charge in [0.05, 0.1) is 0 Å². The highest BCUT2D eigenvalue weighted by atomic mass is 19.2. The number of nitrogens with zero attached hydrogens (tertiary/aromatic N) is 1. The van der Waals surface area contributed by atoms with Crippen LogP contribution in [0.25, 0.3) is 0 Å². The van der Waals surface area contributed by atoms with Gasteiger partial charge >= 0.3 is 5.97 Å². The van der Waals surface area contributed by atoms with E-state index in [0.29, 0.717) is 13.1 Å². The number of halogens is 2. The molecule has 1 atom stereocenters. The van der Waals surface area contributed by atoms with Gasteiger partial charge in [0.15, 0.2) is 17.7 Å². The maximum Gasteiger partial charge on any atom is 0.337 e. The fourth-order valence-corrected chi connectivity index (χ4v) is 2.14. The molecule has 1 aliphatic heterocycles. The maximum atomic E-state index is 13.2. The van der Waals surface area contributed by atoms with Crippen molar-refractivity contribution in [1.29, 1.82) is 0 Å². The number of carboxylic acid groups (broad SMARTS) is 1. The maximum absolute atomic E-state index is 13.2. The molecule has 1 fully saturated rings. The quantitative estimate of drug-likeness (QED) is 0.865. The number of aliphatic hydroxyl groups excluding tert-OH is 1. The second kappa shape index (κ2) is 4.89. The highest BCUT2D eigenvalue weighted by Gasteiger charge is 2.26. The van der Waals surface area contributed by atoms with Crippen molar-refractivity contribution in [3.05, 3.63) is 29.3 Å². The largest absolute Gasteiger partial charge is 0.479 e. The van der Waals surface area contributed by atoms with Gasteiger partial charge in [0, 0.05) is 30.4 Å². The Morgan fingerprint density at radius 2 is 1.78 bits per heavy atom. The summed E-state index contributed by atoms with van der Waals surface area (Å²) in [5, 5.41) is 18.3. The van der Waals surface area contributed by atoms with Crippen molar-refractivity contribution < 1.29 is 23.8 Å². The summed E-state index contributed by atoms with van der Waals surface area (Å²) in [5.74, 6) is -3.69. The third-order valence-corrected chi connectivity index (χ3v) is 3.04. The first-order valence-electron chi connectivity index (χ1n) is 5.65. The van der Waals surface area contributed by atoms with Crippen LogP contribution < -0.4 is 4.90 Å². The van der Waals surface area contributed by atoms with E-state index in [2.05, 4.69) is 0 Å². The Hall–Kier alpha value is -1.69. The first-order valence-corrected chi connectivity index (χ1v) is 5.65. The van der Waals surface area contributed by atoms with E-state index < -0.39 is 23.7 Å². The molecule has 1 heterocycles. The van der Waals surface area contributed by atoms with Crippen molar-refractivity contribution >= 4 is 11.7 Å². The molecule has 1 aromatic rings. The average molecular weight is 257 g/mol. The lowest BCUT2D eigenvalue weighted by atomic mass is 10.1. The number of aliphatic carboxylic acids is 1. The minimum Gasteiger partial charge on any atom is -0.479 e. The zero-order chi connectivity index (χ0) is 13.3. The molecular formula is C12H13F2NO3. The molecular weight excluding hydrogens is 244 g/mol. The van der Waals surface area contributed by atoms with Gasteiger partial charge in [0.1, 0.15) is 0 Å². The predicted octanol–water partition coefficient (Wildman–Crippen LogP) is 1.68. The van der Waals surface area contributed by atoms with Crippen LogP contribution in [-0.4, -0.2) is 29.3 Å². The SMILES string of the molecule is O=C(O)C(O)c1cc(F)c(F)cc1N1CCCC1. The van der Waals surface area contributed by atoms with Crippen molar-refractivity contribution in [2.75, 3.05) is 18.0 Å². The number of benzene rings is 1. The van der Waals surface area contributed by atoms with Crippen LogP contribution in [0.4, 0.5) is 14.5 Å². The van der Waals surface area contributed by atoms with Gasteiger partial charge in [-0.2, -0.15) is 0 Å². The van der Waals surface area contributed by atoms with Gasteiger partial charge in [0.25, 0.3) is 0 Å². The summed E-state index contributed by atoms with van der Waals surface area (Å²) >= 11 is 0. The summed E-state index contributed by atoms with van der Waals surface area (Å²) < 4.78 is 26.4. The number of carbonyl (C=O) groups is 1. The molecule has 1 saturated heterocycles. The Bertz CT molecular complexity index is 473. The van der Waals surface area contributed by atoms with Gasteiger partial charge in [-0.3, -0.25) is 0 Å². The third kappa shape index (κ3) is 2.28. The molecule has 0 aromatic heterocycles. The van der Waals surface area contributed by atoms with Crippen LogP contribution in [0, 0.1) is 11.6 Å². The van der Waals surface area contributed by atoms with E-state index in [9.17, 15) is 18.7 Å². The van der Waals surface area contributed by atoms with Gasteiger partial charge in [-0.15, -0.1) is 0 Å². The molecule has 6 heteroatoms. The van der Waals surface area contributed by atoms with E-state index >= 15 is 0 Å². The molecule has 18 heavy (non-hydrogen) atoms. The van der Waals surface area contributed by atoms with Crippen LogP contribution in [0.2, 0.25) is 0 Å². The second-order valence-corrected chi connectivity index (χ2v) is 4.26. The number of carboxylic acids is 1. The van der Waals surface area contributed by atoms with E-state index in [1.807, 2.05) is 0 Å². The number of hydrogen-bond donors (Lipinski definition) is 2. The first-order chi connectivity index (χ1) is 8.50. The number of hydrogen-bond acceptors (Lipinski definition) is 3. The van der Waals surface area contributed by atoms with Crippen LogP contribution in [0.3, 0.4) is 0 Å². The molecule has 1 aromatic carbocycles. The van der Waals surface area contributed by atoms with Crippen LogP contribution in [0.1, 0.15) is 24.5 Å². The Balaban J connectivity index is 2.47. The average Bonchev–Trinajstić information content (AvgIpc) is 2.84. The predicted molar refractivity (Wildman–Crippen MR) is 60.4 cm³/mol. The van der Waals surface area contributed by atoms with Crippen molar-refractivity contribution in [2.45, 2.75) is 18.9 Å². The zero-order valence-corrected chi connectivity index (χ0v) is 9.57. The molecule has 4 nitrogen and oxygen atoms in total. The summed E-state index contributed by atoms with van der Waals surface area (Å²) in [7, 11) is 0. The lowest BCUT2D eigenvalue weighted by Gasteiger charge is -2.22. The minimum atomic E-state index is -1.85. The van der Waals surface area contributed by atoms with Crippen molar-refractivity contribution in [3.8, 4) is 0 Å². The molecule has 98 valence electrons. The Labute approximate surface area is 102 Å². The molecule has 0 aliphatic carbocycles.